The third kappa shape index (κ3) is 1.42. The van der Waals surface area contributed by atoms with Gasteiger partial charge < -0.3 is 10.1 Å². The van der Waals surface area contributed by atoms with E-state index in [4.69, 9.17) is 5.11 Å². The minimum Gasteiger partial charge on any atom is -0.475 e. The van der Waals surface area contributed by atoms with E-state index in [0.29, 0.717) is 0 Å². The van der Waals surface area contributed by atoms with Gasteiger partial charge in [0.05, 0.1) is 4.88 Å². The number of carboxylic acids is 1. The Hall–Kier alpha value is -1.62. The first-order chi connectivity index (χ1) is 6.68. The zero-order valence-electron chi connectivity index (χ0n) is 7.44. The van der Waals surface area contributed by atoms with Crippen LogP contribution in [0.4, 0.5) is 0 Å². The minimum absolute atomic E-state index is 0.00843. The fourth-order valence-electron chi connectivity index (χ4n) is 1.21. The summed E-state index contributed by atoms with van der Waals surface area (Å²) in [5, 5.41) is 10.7. The van der Waals surface area contributed by atoms with E-state index in [9.17, 15) is 4.79 Å². The maximum Gasteiger partial charge on any atom is 0.371 e. The van der Waals surface area contributed by atoms with E-state index in [0.717, 1.165) is 16.3 Å². The van der Waals surface area contributed by atoms with Crippen LogP contribution in [0.15, 0.2) is 17.5 Å². The molecule has 2 aromatic rings. The van der Waals surface area contributed by atoms with Crippen molar-refractivity contribution in [2.75, 3.05) is 0 Å². The third-order valence-electron chi connectivity index (χ3n) is 1.84. The van der Waals surface area contributed by atoms with Gasteiger partial charge in [-0.3, -0.25) is 0 Å². The van der Waals surface area contributed by atoms with Crippen LogP contribution in [-0.4, -0.2) is 21.0 Å². The molecule has 0 atom stereocenters. The number of rotatable bonds is 2. The van der Waals surface area contributed by atoms with Crippen LogP contribution in [-0.2, 0) is 0 Å². The van der Waals surface area contributed by atoms with Crippen molar-refractivity contribution in [2.24, 2.45) is 0 Å². The van der Waals surface area contributed by atoms with Crippen LogP contribution >= 0.6 is 11.3 Å². The molecule has 0 radical (unpaired) electrons. The number of carbonyl (C=O) groups is 1. The highest BCUT2D eigenvalue weighted by Crippen LogP contribution is 2.25. The van der Waals surface area contributed by atoms with Crippen LogP contribution in [0.5, 0.6) is 0 Å². The van der Waals surface area contributed by atoms with Crippen molar-refractivity contribution in [3.63, 3.8) is 0 Å². The summed E-state index contributed by atoms with van der Waals surface area (Å²) >= 11 is 1.54. The smallest absolute Gasteiger partial charge is 0.371 e. The number of nitrogens with zero attached hydrogens (tertiary/aromatic N) is 1. The fourth-order valence-corrected chi connectivity index (χ4v) is 1.99. The van der Waals surface area contributed by atoms with Gasteiger partial charge in [0, 0.05) is 5.69 Å². The number of aromatic nitrogens is 2. The first kappa shape index (κ1) is 8.96. The number of H-pyrrole nitrogens is 1. The van der Waals surface area contributed by atoms with Crippen molar-refractivity contribution >= 4 is 17.3 Å². The summed E-state index contributed by atoms with van der Waals surface area (Å²) in [6, 6.07) is 3.83. The average molecular weight is 208 g/mol. The maximum atomic E-state index is 10.6. The van der Waals surface area contributed by atoms with Gasteiger partial charge in [0.15, 0.2) is 0 Å². The van der Waals surface area contributed by atoms with Crippen molar-refractivity contribution in [3.05, 3.63) is 29.0 Å². The minimum atomic E-state index is -1.03. The van der Waals surface area contributed by atoms with Crippen LogP contribution < -0.4 is 0 Å². The summed E-state index contributed by atoms with van der Waals surface area (Å²) in [6.07, 6.45) is 0. The molecule has 0 aliphatic carbocycles. The van der Waals surface area contributed by atoms with Gasteiger partial charge in [-0.05, 0) is 18.4 Å². The summed E-state index contributed by atoms with van der Waals surface area (Å²) in [6.45, 7) is 1.81. The van der Waals surface area contributed by atoms with Gasteiger partial charge in [-0.1, -0.05) is 6.07 Å². The molecule has 0 saturated heterocycles. The Morgan fingerprint density at radius 3 is 2.93 bits per heavy atom. The van der Waals surface area contributed by atoms with Crippen LogP contribution in [0.25, 0.3) is 10.6 Å². The highest BCUT2D eigenvalue weighted by Gasteiger charge is 2.13. The van der Waals surface area contributed by atoms with Gasteiger partial charge in [-0.2, -0.15) is 0 Å². The number of nitrogens with one attached hydrogen (secondary N) is 1. The van der Waals surface area contributed by atoms with E-state index >= 15 is 0 Å². The summed E-state index contributed by atoms with van der Waals surface area (Å²) in [5.74, 6) is -1.04. The normalized spacial score (nSPS) is 10.4. The van der Waals surface area contributed by atoms with E-state index in [1.54, 1.807) is 0 Å². The lowest BCUT2D eigenvalue weighted by atomic mass is 10.3. The molecule has 0 amide bonds. The quantitative estimate of drug-likeness (QED) is 0.794. The lowest BCUT2D eigenvalue weighted by molar-refractivity contribution is 0.0684. The predicted molar refractivity (Wildman–Crippen MR) is 53.6 cm³/mol. The largest absolute Gasteiger partial charge is 0.475 e. The molecule has 0 aliphatic rings. The molecular formula is C9H8N2O2S. The Kier molecular flexibility index (Phi) is 2.09. The number of carboxylic acid groups (broad SMARTS) is 1. The number of aryl methyl sites for hydroxylation is 1. The van der Waals surface area contributed by atoms with E-state index in [-0.39, 0.29) is 5.82 Å². The lowest BCUT2D eigenvalue weighted by Gasteiger charge is -1.90. The number of imidazole rings is 1. The van der Waals surface area contributed by atoms with Gasteiger partial charge >= 0.3 is 5.97 Å². The second-order valence-corrected chi connectivity index (χ2v) is 3.79. The molecule has 0 aromatic carbocycles. The molecule has 0 spiro atoms. The van der Waals surface area contributed by atoms with Gasteiger partial charge in [-0.25, -0.2) is 9.78 Å². The van der Waals surface area contributed by atoms with Crippen molar-refractivity contribution in [1.82, 2.24) is 9.97 Å². The zero-order chi connectivity index (χ0) is 10.1. The summed E-state index contributed by atoms with van der Waals surface area (Å²) in [5.41, 5.74) is 1.50. The number of aromatic carboxylic acids is 1. The SMILES string of the molecule is Cc1[nH]c(C(=O)O)nc1-c1cccs1. The molecule has 2 rings (SSSR count). The molecule has 0 saturated carbocycles. The van der Waals surface area contributed by atoms with Crippen LogP contribution in [0.3, 0.4) is 0 Å². The van der Waals surface area contributed by atoms with Gasteiger partial charge in [0.1, 0.15) is 5.69 Å². The summed E-state index contributed by atoms with van der Waals surface area (Å²) < 4.78 is 0. The van der Waals surface area contributed by atoms with E-state index in [2.05, 4.69) is 9.97 Å². The fraction of sp³-hybridized carbons (Fsp3) is 0.111. The Bertz CT molecular complexity index is 459. The molecule has 0 unspecified atom stereocenters. The molecule has 72 valence electrons. The number of hydrogen-bond donors (Lipinski definition) is 2. The second kappa shape index (κ2) is 3.26. The average Bonchev–Trinajstić information content (AvgIpc) is 2.71. The van der Waals surface area contributed by atoms with E-state index in [1.807, 2.05) is 24.4 Å². The molecule has 4 nitrogen and oxygen atoms in total. The predicted octanol–water partition coefficient (Wildman–Crippen LogP) is 2.14. The standard InChI is InChI=1S/C9H8N2O2S/c1-5-7(6-3-2-4-14-6)11-8(10-5)9(12)13/h2-4H,1H3,(H,10,11)(H,12,13). The zero-order valence-corrected chi connectivity index (χ0v) is 8.26. The van der Waals surface area contributed by atoms with Gasteiger partial charge in [-0.15, -0.1) is 11.3 Å². The van der Waals surface area contributed by atoms with E-state index in [1.165, 1.54) is 11.3 Å². The molecule has 0 aliphatic heterocycles. The topological polar surface area (TPSA) is 66.0 Å². The molecule has 14 heavy (non-hydrogen) atoms. The highest BCUT2D eigenvalue weighted by molar-refractivity contribution is 7.13. The Morgan fingerprint density at radius 2 is 2.43 bits per heavy atom. The first-order valence-corrected chi connectivity index (χ1v) is 4.90. The Labute approximate surface area is 84.2 Å². The van der Waals surface area contributed by atoms with Crippen LogP contribution in [0.2, 0.25) is 0 Å². The number of thiophene rings is 1. The summed E-state index contributed by atoms with van der Waals surface area (Å²) in [7, 11) is 0. The lowest BCUT2D eigenvalue weighted by Crippen LogP contribution is -1.98. The Morgan fingerprint density at radius 1 is 1.64 bits per heavy atom. The van der Waals surface area contributed by atoms with Crippen LogP contribution in [0, 0.1) is 6.92 Å². The molecular weight excluding hydrogens is 200 g/mol. The van der Waals surface area contributed by atoms with E-state index < -0.39 is 5.97 Å². The van der Waals surface area contributed by atoms with Crippen molar-refractivity contribution < 1.29 is 9.90 Å². The highest BCUT2D eigenvalue weighted by atomic mass is 32.1. The third-order valence-corrected chi connectivity index (χ3v) is 2.72. The van der Waals surface area contributed by atoms with Crippen molar-refractivity contribution in [2.45, 2.75) is 6.92 Å². The molecule has 2 N–H and O–H groups in total. The Balaban J connectivity index is 2.50. The molecule has 2 heterocycles. The molecule has 0 bridgehead atoms. The van der Waals surface area contributed by atoms with Crippen LogP contribution in [0.1, 0.15) is 16.3 Å². The molecule has 0 fully saturated rings. The van der Waals surface area contributed by atoms with Gasteiger partial charge in [0.2, 0.25) is 5.82 Å². The molecule has 5 heteroatoms. The van der Waals surface area contributed by atoms with Crippen molar-refractivity contribution in [3.8, 4) is 10.6 Å². The maximum absolute atomic E-state index is 10.6. The number of hydrogen-bond acceptors (Lipinski definition) is 3. The van der Waals surface area contributed by atoms with Gasteiger partial charge in [0.25, 0.3) is 0 Å². The molecule has 2 aromatic heterocycles. The number of aromatic amines is 1. The first-order valence-electron chi connectivity index (χ1n) is 4.02. The monoisotopic (exact) mass is 208 g/mol. The summed E-state index contributed by atoms with van der Waals surface area (Å²) in [4.78, 5) is 18.4. The second-order valence-electron chi connectivity index (χ2n) is 2.84. The van der Waals surface area contributed by atoms with Crippen molar-refractivity contribution in [1.29, 1.82) is 0 Å².